The summed E-state index contributed by atoms with van der Waals surface area (Å²) in [6.45, 7) is 3.95. The van der Waals surface area contributed by atoms with Gasteiger partial charge in [0, 0.05) is 18.4 Å². The van der Waals surface area contributed by atoms with Crippen molar-refractivity contribution in [2.45, 2.75) is 19.9 Å². The summed E-state index contributed by atoms with van der Waals surface area (Å²) in [6.07, 6.45) is 2.84. The molecule has 3 heteroatoms. The lowest BCUT2D eigenvalue weighted by molar-refractivity contribution is 0.673. The van der Waals surface area contributed by atoms with Gasteiger partial charge in [-0.05, 0) is 31.5 Å². The Morgan fingerprint density at radius 3 is 2.69 bits per heavy atom. The summed E-state index contributed by atoms with van der Waals surface area (Å²) in [5.74, 6) is 0. The van der Waals surface area contributed by atoms with Crippen molar-refractivity contribution in [3.05, 3.63) is 53.3 Å². The van der Waals surface area contributed by atoms with Crippen molar-refractivity contribution >= 4 is 0 Å². The van der Waals surface area contributed by atoms with Gasteiger partial charge in [-0.15, -0.1) is 0 Å². The molecule has 0 fully saturated rings. The van der Waals surface area contributed by atoms with Crippen molar-refractivity contribution in [2.75, 3.05) is 6.54 Å². The maximum atomic E-state index is 3.90. The van der Waals surface area contributed by atoms with E-state index in [1.807, 2.05) is 6.07 Å². The lowest BCUT2D eigenvalue weighted by atomic mass is 10.1. The molecule has 0 aliphatic heterocycles. The molecule has 0 aliphatic rings. The SMILES string of the molecule is Cc1ccc(CCNCc2ccn[nH]2)cc1. The van der Waals surface area contributed by atoms with E-state index in [4.69, 9.17) is 0 Å². The molecular formula is C13H17N3. The third-order valence-electron chi connectivity index (χ3n) is 2.58. The highest BCUT2D eigenvalue weighted by molar-refractivity contribution is 5.21. The number of hydrogen-bond donors (Lipinski definition) is 2. The van der Waals surface area contributed by atoms with Crippen LogP contribution in [-0.4, -0.2) is 16.7 Å². The molecule has 16 heavy (non-hydrogen) atoms. The average Bonchev–Trinajstić information content (AvgIpc) is 2.80. The van der Waals surface area contributed by atoms with Crippen LogP contribution in [0.2, 0.25) is 0 Å². The fourth-order valence-electron chi connectivity index (χ4n) is 1.59. The molecule has 0 bridgehead atoms. The second-order valence-electron chi connectivity index (χ2n) is 3.99. The van der Waals surface area contributed by atoms with Crippen LogP contribution in [0.25, 0.3) is 0 Å². The van der Waals surface area contributed by atoms with Crippen molar-refractivity contribution in [3.63, 3.8) is 0 Å². The van der Waals surface area contributed by atoms with Gasteiger partial charge in [-0.25, -0.2) is 0 Å². The van der Waals surface area contributed by atoms with Crippen molar-refractivity contribution < 1.29 is 0 Å². The number of aryl methyl sites for hydroxylation is 1. The normalized spacial score (nSPS) is 10.6. The first-order chi connectivity index (χ1) is 7.84. The van der Waals surface area contributed by atoms with Crippen LogP contribution in [-0.2, 0) is 13.0 Å². The third-order valence-corrected chi connectivity index (χ3v) is 2.58. The molecule has 0 saturated heterocycles. The van der Waals surface area contributed by atoms with E-state index < -0.39 is 0 Å². The maximum Gasteiger partial charge on any atom is 0.0490 e. The predicted octanol–water partition coefficient (Wildman–Crippen LogP) is 2.05. The number of aromatic nitrogens is 2. The predicted molar refractivity (Wildman–Crippen MR) is 65.2 cm³/mol. The van der Waals surface area contributed by atoms with Crippen LogP contribution in [0.4, 0.5) is 0 Å². The Labute approximate surface area is 95.9 Å². The zero-order chi connectivity index (χ0) is 11.2. The minimum Gasteiger partial charge on any atom is -0.311 e. The lowest BCUT2D eigenvalue weighted by Crippen LogP contribution is -2.16. The molecule has 0 saturated carbocycles. The van der Waals surface area contributed by atoms with Crippen molar-refractivity contribution in [2.24, 2.45) is 0 Å². The number of nitrogens with one attached hydrogen (secondary N) is 2. The van der Waals surface area contributed by atoms with Gasteiger partial charge in [-0.3, -0.25) is 5.10 Å². The van der Waals surface area contributed by atoms with Gasteiger partial charge < -0.3 is 5.32 Å². The van der Waals surface area contributed by atoms with Gasteiger partial charge in [0.2, 0.25) is 0 Å². The second-order valence-corrected chi connectivity index (χ2v) is 3.99. The molecule has 2 N–H and O–H groups in total. The highest BCUT2D eigenvalue weighted by atomic mass is 15.1. The number of hydrogen-bond acceptors (Lipinski definition) is 2. The Morgan fingerprint density at radius 2 is 2.00 bits per heavy atom. The molecular weight excluding hydrogens is 198 g/mol. The number of aromatic amines is 1. The van der Waals surface area contributed by atoms with E-state index >= 15 is 0 Å². The Balaban J connectivity index is 1.70. The van der Waals surface area contributed by atoms with E-state index in [-0.39, 0.29) is 0 Å². The van der Waals surface area contributed by atoms with Crippen molar-refractivity contribution in [1.82, 2.24) is 15.5 Å². The molecule has 0 radical (unpaired) electrons. The van der Waals surface area contributed by atoms with Crippen LogP contribution < -0.4 is 5.32 Å². The molecule has 0 spiro atoms. The largest absolute Gasteiger partial charge is 0.311 e. The minimum atomic E-state index is 0.853. The van der Waals surface area contributed by atoms with Crippen LogP contribution in [0.3, 0.4) is 0 Å². The van der Waals surface area contributed by atoms with Gasteiger partial charge in [0.1, 0.15) is 0 Å². The van der Waals surface area contributed by atoms with Gasteiger partial charge in [0.25, 0.3) is 0 Å². The van der Waals surface area contributed by atoms with E-state index in [0.29, 0.717) is 0 Å². The molecule has 3 nitrogen and oxygen atoms in total. The quantitative estimate of drug-likeness (QED) is 0.749. The lowest BCUT2D eigenvalue weighted by Gasteiger charge is -2.03. The molecule has 84 valence electrons. The Kier molecular flexibility index (Phi) is 3.72. The van der Waals surface area contributed by atoms with E-state index in [9.17, 15) is 0 Å². The summed E-state index contributed by atoms with van der Waals surface area (Å²) in [7, 11) is 0. The molecule has 1 aromatic carbocycles. The topological polar surface area (TPSA) is 40.7 Å². The smallest absolute Gasteiger partial charge is 0.0490 e. The minimum absolute atomic E-state index is 0.853. The van der Waals surface area contributed by atoms with Crippen LogP contribution in [0.5, 0.6) is 0 Å². The summed E-state index contributed by atoms with van der Waals surface area (Å²) < 4.78 is 0. The standard InChI is InChI=1S/C13H17N3/c1-11-2-4-12(5-3-11)6-8-14-10-13-7-9-15-16-13/h2-5,7,9,14H,6,8,10H2,1H3,(H,15,16). The second kappa shape index (κ2) is 5.47. The highest BCUT2D eigenvalue weighted by Crippen LogP contribution is 2.03. The number of benzene rings is 1. The molecule has 0 unspecified atom stereocenters. The molecule has 0 atom stereocenters. The van der Waals surface area contributed by atoms with E-state index in [2.05, 4.69) is 46.7 Å². The number of H-pyrrole nitrogens is 1. The van der Waals surface area contributed by atoms with E-state index in [0.717, 1.165) is 25.2 Å². The summed E-state index contributed by atoms with van der Waals surface area (Å²) >= 11 is 0. The Bertz CT molecular complexity index is 403. The molecule has 0 aliphatic carbocycles. The molecule has 1 aromatic heterocycles. The van der Waals surface area contributed by atoms with Crippen LogP contribution in [0.15, 0.2) is 36.5 Å². The third kappa shape index (κ3) is 3.21. The van der Waals surface area contributed by atoms with E-state index in [1.165, 1.54) is 11.1 Å². The van der Waals surface area contributed by atoms with Gasteiger partial charge >= 0.3 is 0 Å². The fourth-order valence-corrected chi connectivity index (χ4v) is 1.59. The van der Waals surface area contributed by atoms with Gasteiger partial charge in [0.05, 0.1) is 0 Å². The highest BCUT2D eigenvalue weighted by Gasteiger charge is 1.94. The van der Waals surface area contributed by atoms with Gasteiger partial charge in [0.15, 0.2) is 0 Å². The first-order valence-corrected chi connectivity index (χ1v) is 5.59. The summed E-state index contributed by atoms with van der Waals surface area (Å²) in [4.78, 5) is 0. The maximum absolute atomic E-state index is 3.90. The summed E-state index contributed by atoms with van der Waals surface area (Å²) in [6, 6.07) is 10.7. The summed E-state index contributed by atoms with van der Waals surface area (Å²) in [5, 5.41) is 10.2. The van der Waals surface area contributed by atoms with Crippen molar-refractivity contribution in [1.29, 1.82) is 0 Å². The Hall–Kier alpha value is -1.61. The zero-order valence-corrected chi connectivity index (χ0v) is 9.53. The van der Waals surface area contributed by atoms with Gasteiger partial charge in [-0.1, -0.05) is 29.8 Å². The number of rotatable bonds is 5. The zero-order valence-electron chi connectivity index (χ0n) is 9.53. The molecule has 1 heterocycles. The van der Waals surface area contributed by atoms with Crippen LogP contribution >= 0.6 is 0 Å². The summed E-state index contributed by atoms with van der Waals surface area (Å²) in [5.41, 5.74) is 3.82. The average molecular weight is 215 g/mol. The molecule has 2 rings (SSSR count). The first kappa shape index (κ1) is 10.9. The fraction of sp³-hybridized carbons (Fsp3) is 0.308. The van der Waals surface area contributed by atoms with Crippen LogP contribution in [0, 0.1) is 6.92 Å². The molecule has 0 amide bonds. The first-order valence-electron chi connectivity index (χ1n) is 5.59. The van der Waals surface area contributed by atoms with Crippen LogP contribution in [0.1, 0.15) is 16.8 Å². The van der Waals surface area contributed by atoms with Crippen molar-refractivity contribution in [3.8, 4) is 0 Å². The van der Waals surface area contributed by atoms with Gasteiger partial charge in [-0.2, -0.15) is 5.10 Å². The molecule has 2 aromatic rings. The monoisotopic (exact) mass is 215 g/mol. The Morgan fingerprint density at radius 1 is 1.19 bits per heavy atom. The number of nitrogens with zero attached hydrogens (tertiary/aromatic N) is 1. The van der Waals surface area contributed by atoms with E-state index in [1.54, 1.807) is 6.20 Å².